The first-order valence-corrected chi connectivity index (χ1v) is 9.43. The molecule has 0 amide bonds. The number of piperidine rings is 1. The number of anilines is 1. The van der Waals surface area contributed by atoms with Crippen molar-refractivity contribution in [2.24, 2.45) is 0 Å². The minimum absolute atomic E-state index is 0.618. The third kappa shape index (κ3) is 2.63. The number of benzene rings is 2. The molecule has 3 heteroatoms. The molecule has 0 saturated carbocycles. The Morgan fingerprint density at radius 3 is 2.48 bits per heavy atom. The van der Waals surface area contributed by atoms with E-state index in [0.717, 1.165) is 12.1 Å². The maximum absolute atomic E-state index is 3.78. The molecule has 128 valence electrons. The van der Waals surface area contributed by atoms with Gasteiger partial charge in [-0.1, -0.05) is 24.3 Å². The third-order valence-corrected chi connectivity index (χ3v) is 6.26. The Labute approximate surface area is 149 Å². The summed E-state index contributed by atoms with van der Waals surface area (Å²) in [6, 6.07) is 19.7. The van der Waals surface area contributed by atoms with Gasteiger partial charge in [-0.2, -0.15) is 0 Å². The number of aromatic amines is 1. The van der Waals surface area contributed by atoms with Gasteiger partial charge in [0.1, 0.15) is 0 Å². The molecule has 3 atom stereocenters. The first kappa shape index (κ1) is 15.0. The molecule has 3 aromatic rings. The Bertz CT molecular complexity index is 866. The lowest BCUT2D eigenvalue weighted by atomic mass is 9.97. The Morgan fingerprint density at radius 1 is 0.960 bits per heavy atom. The average molecular weight is 331 g/mol. The fourth-order valence-electron chi connectivity index (χ4n) is 4.85. The molecule has 3 nitrogen and oxygen atoms in total. The van der Waals surface area contributed by atoms with Crippen molar-refractivity contribution >= 4 is 16.6 Å². The molecule has 2 saturated heterocycles. The summed E-state index contributed by atoms with van der Waals surface area (Å²) in [5.41, 5.74) is 5.02. The lowest BCUT2D eigenvalue weighted by molar-refractivity contribution is 0.169. The van der Waals surface area contributed by atoms with Gasteiger partial charge >= 0.3 is 0 Å². The molecule has 5 rings (SSSR count). The molecule has 2 N–H and O–H groups in total. The standard InChI is InChI=1S/C22H25N3/c1-25-18-9-10-19(25)14-17(13-18)24-16-7-5-15(6-8-16)20-3-2-4-22-21(20)11-12-23-22/h2-8,11-12,17-19,23-24H,9-10,13-14H2,1H3/t17?,18-,19+. The summed E-state index contributed by atoms with van der Waals surface area (Å²) in [5.74, 6) is 0. The number of hydrogen-bond acceptors (Lipinski definition) is 2. The highest BCUT2D eigenvalue weighted by atomic mass is 15.2. The maximum Gasteiger partial charge on any atom is 0.0460 e. The minimum Gasteiger partial charge on any atom is -0.382 e. The monoisotopic (exact) mass is 331 g/mol. The van der Waals surface area contributed by atoms with E-state index < -0.39 is 0 Å². The van der Waals surface area contributed by atoms with Crippen LogP contribution in [-0.4, -0.2) is 35.1 Å². The number of nitrogens with one attached hydrogen (secondary N) is 2. The normalized spacial score (nSPS) is 26.2. The average Bonchev–Trinajstić information content (AvgIpc) is 3.17. The van der Waals surface area contributed by atoms with Crippen LogP contribution in [0.2, 0.25) is 0 Å². The largest absolute Gasteiger partial charge is 0.382 e. The second-order valence-corrected chi connectivity index (χ2v) is 7.68. The van der Waals surface area contributed by atoms with E-state index >= 15 is 0 Å². The van der Waals surface area contributed by atoms with Gasteiger partial charge in [0, 0.05) is 40.9 Å². The molecule has 25 heavy (non-hydrogen) atoms. The molecule has 2 aliphatic rings. The highest BCUT2D eigenvalue weighted by Gasteiger charge is 2.38. The van der Waals surface area contributed by atoms with E-state index in [9.17, 15) is 0 Å². The molecule has 0 radical (unpaired) electrons. The predicted molar refractivity (Wildman–Crippen MR) is 105 cm³/mol. The first-order chi connectivity index (χ1) is 12.3. The summed E-state index contributed by atoms with van der Waals surface area (Å²) >= 11 is 0. The van der Waals surface area contributed by atoms with Crippen LogP contribution in [0.3, 0.4) is 0 Å². The molecule has 1 aromatic heterocycles. The summed E-state index contributed by atoms with van der Waals surface area (Å²) in [6.07, 6.45) is 7.31. The van der Waals surface area contributed by atoms with Crippen LogP contribution in [0.5, 0.6) is 0 Å². The van der Waals surface area contributed by atoms with Crippen LogP contribution in [0.4, 0.5) is 5.69 Å². The highest BCUT2D eigenvalue weighted by molar-refractivity contribution is 5.95. The van der Waals surface area contributed by atoms with Crippen molar-refractivity contribution in [3.8, 4) is 11.1 Å². The van der Waals surface area contributed by atoms with Gasteiger partial charge in [0.2, 0.25) is 0 Å². The van der Waals surface area contributed by atoms with Crippen LogP contribution < -0.4 is 5.32 Å². The number of aromatic nitrogens is 1. The minimum atomic E-state index is 0.618. The third-order valence-electron chi connectivity index (χ3n) is 6.26. The van der Waals surface area contributed by atoms with Gasteiger partial charge < -0.3 is 15.2 Å². The van der Waals surface area contributed by atoms with Gasteiger partial charge in [-0.25, -0.2) is 0 Å². The summed E-state index contributed by atoms with van der Waals surface area (Å²) in [7, 11) is 2.30. The van der Waals surface area contributed by atoms with Gasteiger partial charge in [0.25, 0.3) is 0 Å². The number of hydrogen-bond donors (Lipinski definition) is 2. The fourth-order valence-corrected chi connectivity index (χ4v) is 4.85. The van der Waals surface area contributed by atoms with Crippen molar-refractivity contribution < 1.29 is 0 Å². The lowest BCUT2D eigenvalue weighted by Crippen LogP contribution is -2.44. The van der Waals surface area contributed by atoms with Crippen LogP contribution in [0.1, 0.15) is 25.7 Å². The number of H-pyrrole nitrogens is 1. The van der Waals surface area contributed by atoms with Crippen LogP contribution in [-0.2, 0) is 0 Å². The molecule has 2 aliphatic heterocycles. The lowest BCUT2D eigenvalue weighted by Gasteiger charge is -2.37. The van der Waals surface area contributed by atoms with Crippen molar-refractivity contribution in [3.05, 3.63) is 54.7 Å². The molecular formula is C22H25N3. The van der Waals surface area contributed by atoms with Crippen LogP contribution in [0.25, 0.3) is 22.0 Å². The molecule has 0 aliphatic carbocycles. The second kappa shape index (κ2) is 5.92. The SMILES string of the molecule is CN1[C@@H]2CC[C@H]1CC(Nc1ccc(-c3cccc4[nH]ccc34)cc1)C2. The summed E-state index contributed by atoms with van der Waals surface area (Å²) in [5, 5.41) is 5.07. The van der Waals surface area contributed by atoms with E-state index in [4.69, 9.17) is 0 Å². The smallest absolute Gasteiger partial charge is 0.0460 e. The van der Waals surface area contributed by atoms with E-state index in [-0.39, 0.29) is 0 Å². The van der Waals surface area contributed by atoms with Crippen molar-refractivity contribution in [1.82, 2.24) is 9.88 Å². The van der Waals surface area contributed by atoms with E-state index in [2.05, 4.69) is 70.8 Å². The van der Waals surface area contributed by atoms with Gasteiger partial charge in [-0.15, -0.1) is 0 Å². The fraction of sp³-hybridized carbons (Fsp3) is 0.364. The predicted octanol–water partition coefficient (Wildman–Crippen LogP) is 4.87. The van der Waals surface area contributed by atoms with Gasteiger partial charge in [-0.3, -0.25) is 0 Å². The Morgan fingerprint density at radius 2 is 1.72 bits per heavy atom. The molecule has 0 spiro atoms. The summed E-state index contributed by atoms with van der Waals surface area (Å²) < 4.78 is 0. The van der Waals surface area contributed by atoms with Crippen LogP contribution in [0.15, 0.2) is 54.7 Å². The first-order valence-electron chi connectivity index (χ1n) is 9.43. The zero-order valence-electron chi connectivity index (χ0n) is 14.7. The Balaban J connectivity index is 1.35. The van der Waals surface area contributed by atoms with Crippen molar-refractivity contribution in [1.29, 1.82) is 0 Å². The van der Waals surface area contributed by atoms with E-state index in [1.165, 1.54) is 53.4 Å². The van der Waals surface area contributed by atoms with E-state index in [0.29, 0.717) is 6.04 Å². The highest BCUT2D eigenvalue weighted by Crippen LogP contribution is 2.36. The van der Waals surface area contributed by atoms with Gasteiger partial charge in [0.15, 0.2) is 0 Å². The van der Waals surface area contributed by atoms with E-state index in [1.807, 2.05) is 6.20 Å². The molecule has 1 unspecified atom stereocenters. The zero-order valence-corrected chi connectivity index (χ0v) is 14.7. The van der Waals surface area contributed by atoms with Crippen molar-refractivity contribution in [2.75, 3.05) is 12.4 Å². The van der Waals surface area contributed by atoms with Crippen LogP contribution in [0, 0.1) is 0 Å². The van der Waals surface area contributed by atoms with Crippen molar-refractivity contribution in [2.45, 2.75) is 43.8 Å². The summed E-state index contributed by atoms with van der Waals surface area (Å²) in [6.45, 7) is 0. The Hall–Kier alpha value is -2.26. The van der Waals surface area contributed by atoms with Crippen molar-refractivity contribution in [3.63, 3.8) is 0 Å². The zero-order chi connectivity index (χ0) is 16.8. The second-order valence-electron chi connectivity index (χ2n) is 7.68. The quantitative estimate of drug-likeness (QED) is 0.717. The molecule has 2 aromatic carbocycles. The number of fused-ring (bicyclic) bond motifs is 3. The Kier molecular flexibility index (Phi) is 3.56. The molecule has 2 bridgehead atoms. The summed E-state index contributed by atoms with van der Waals surface area (Å²) in [4.78, 5) is 5.89. The molecule has 2 fully saturated rings. The number of nitrogens with zero attached hydrogens (tertiary/aromatic N) is 1. The molecule has 3 heterocycles. The maximum atomic E-state index is 3.78. The van der Waals surface area contributed by atoms with E-state index in [1.54, 1.807) is 0 Å². The topological polar surface area (TPSA) is 31.1 Å². The van der Waals surface area contributed by atoms with Gasteiger partial charge in [-0.05, 0) is 68.1 Å². The molecular weight excluding hydrogens is 306 g/mol. The number of rotatable bonds is 3. The van der Waals surface area contributed by atoms with Gasteiger partial charge in [0.05, 0.1) is 0 Å². The van der Waals surface area contributed by atoms with Crippen LogP contribution >= 0.6 is 0 Å².